The lowest BCUT2D eigenvalue weighted by molar-refractivity contribution is 0.465. The molecule has 0 saturated heterocycles. The summed E-state index contributed by atoms with van der Waals surface area (Å²) in [6.45, 7) is 6.30. The highest BCUT2D eigenvalue weighted by Gasteiger charge is 2.21. The van der Waals surface area contributed by atoms with E-state index in [0.717, 1.165) is 11.3 Å². The number of nitrogens with one attached hydrogen (secondary N) is 1. The van der Waals surface area contributed by atoms with Crippen LogP contribution in [0.15, 0.2) is 16.3 Å². The number of rotatable bonds is 6. The van der Waals surface area contributed by atoms with Crippen LogP contribution in [-0.4, -0.2) is 21.0 Å². The van der Waals surface area contributed by atoms with Gasteiger partial charge in [0.1, 0.15) is 4.21 Å². The molecule has 0 aromatic carbocycles. The van der Waals surface area contributed by atoms with Crippen LogP contribution in [0.4, 0.5) is 0 Å². The largest absolute Gasteiger partial charge is 0.329 e. The van der Waals surface area contributed by atoms with Gasteiger partial charge in [-0.3, -0.25) is 0 Å². The summed E-state index contributed by atoms with van der Waals surface area (Å²) in [6.07, 6.45) is 0.750. The first-order valence-corrected chi connectivity index (χ1v) is 7.94. The SMILES string of the molecule is Cc1ccc(S(=O)(=O)NC(CN)CC(C)C)s1. The van der Waals surface area contributed by atoms with Crippen LogP contribution in [-0.2, 0) is 10.0 Å². The van der Waals surface area contributed by atoms with Crippen molar-refractivity contribution in [1.29, 1.82) is 0 Å². The number of aryl methyl sites for hydroxylation is 1. The zero-order chi connectivity index (χ0) is 13.1. The molecule has 4 nitrogen and oxygen atoms in total. The molecule has 3 N–H and O–H groups in total. The molecule has 17 heavy (non-hydrogen) atoms. The maximum absolute atomic E-state index is 12.0. The van der Waals surface area contributed by atoms with Gasteiger partial charge in [-0.25, -0.2) is 13.1 Å². The zero-order valence-electron chi connectivity index (χ0n) is 10.4. The summed E-state index contributed by atoms with van der Waals surface area (Å²) >= 11 is 1.27. The van der Waals surface area contributed by atoms with Gasteiger partial charge >= 0.3 is 0 Å². The van der Waals surface area contributed by atoms with Gasteiger partial charge in [-0.2, -0.15) is 0 Å². The van der Waals surface area contributed by atoms with Crippen LogP contribution < -0.4 is 10.5 Å². The van der Waals surface area contributed by atoms with Crippen molar-refractivity contribution in [1.82, 2.24) is 4.72 Å². The molecule has 0 amide bonds. The van der Waals surface area contributed by atoms with Gasteiger partial charge in [0.05, 0.1) is 0 Å². The molecule has 0 aliphatic heterocycles. The Morgan fingerprint density at radius 3 is 2.47 bits per heavy atom. The van der Waals surface area contributed by atoms with Crippen LogP contribution in [0.3, 0.4) is 0 Å². The molecule has 0 aliphatic rings. The van der Waals surface area contributed by atoms with E-state index in [0.29, 0.717) is 16.7 Å². The Morgan fingerprint density at radius 2 is 2.06 bits per heavy atom. The molecule has 98 valence electrons. The summed E-state index contributed by atoms with van der Waals surface area (Å²) in [6, 6.07) is 3.24. The molecule has 0 saturated carbocycles. The fraction of sp³-hybridized carbons (Fsp3) is 0.636. The average molecular weight is 276 g/mol. The minimum absolute atomic E-state index is 0.192. The Labute approximate surface area is 107 Å². The molecule has 6 heteroatoms. The van der Waals surface area contributed by atoms with E-state index in [1.54, 1.807) is 12.1 Å². The number of thiophene rings is 1. The van der Waals surface area contributed by atoms with Gasteiger partial charge < -0.3 is 5.73 Å². The Kier molecular flexibility index (Phi) is 5.12. The lowest BCUT2D eigenvalue weighted by Gasteiger charge is -2.18. The highest BCUT2D eigenvalue weighted by molar-refractivity contribution is 7.91. The lowest BCUT2D eigenvalue weighted by Crippen LogP contribution is -2.40. The number of nitrogens with two attached hydrogens (primary N) is 1. The fourth-order valence-electron chi connectivity index (χ4n) is 1.60. The summed E-state index contributed by atoms with van der Waals surface area (Å²) < 4.78 is 27.1. The van der Waals surface area contributed by atoms with Gasteiger partial charge in [0.2, 0.25) is 10.0 Å². The first kappa shape index (κ1) is 14.6. The van der Waals surface area contributed by atoms with Crippen molar-refractivity contribution < 1.29 is 8.42 Å². The minimum atomic E-state index is -3.41. The monoisotopic (exact) mass is 276 g/mol. The normalized spacial score (nSPS) is 14.2. The maximum Gasteiger partial charge on any atom is 0.250 e. The second kappa shape index (κ2) is 5.95. The van der Waals surface area contributed by atoms with Crippen molar-refractivity contribution in [3.63, 3.8) is 0 Å². The van der Waals surface area contributed by atoms with Crippen molar-refractivity contribution in [2.24, 2.45) is 11.7 Å². The smallest absolute Gasteiger partial charge is 0.250 e. The predicted octanol–water partition coefficient (Wildman–Crippen LogP) is 1.71. The van der Waals surface area contributed by atoms with Crippen LogP contribution in [0.25, 0.3) is 0 Å². The molecule has 1 aromatic rings. The molecule has 1 atom stereocenters. The third-order valence-electron chi connectivity index (χ3n) is 2.34. The number of sulfonamides is 1. The van der Waals surface area contributed by atoms with Crippen LogP contribution in [0.5, 0.6) is 0 Å². The first-order valence-electron chi connectivity index (χ1n) is 5.64. The predicted molar refractivity (Wildman–Crippen MR) is 71.7 cm³/mol. The Morgan fingerprint density at radius 1 is 1.41 bits per heavy atom. The summed E-state index contributed by atoms with van der Waals surface area (Å²) in [7, 11) is -3.41. The van der Waals surface area contributed by atoms with Crippen molar-refractivity contribution in [2.45, 2.75) is 37.4 Å². The van der Waals surface area contributed by atoms with E-state index in [-0.39, 0.29) is 6.04 Å². The lowest BCUT2D eigenvalue weighted by atomic mass is 10.1. The third kappa shape index (κ3) is 4.39. The topological polar surface area (TPSA) is 72.2 Å². The summed E-state index contributed by atoms with van der Waals surface area (Å²) in [5, 5.41) is 0. The summed E-state index contributed by atoms with van der Waals surface area (Å²) in [5.74, 6) is 0.413. The molecule has 1 heterocycles. The average Bonchev–Trinajstić information content (AvgIpc) is 2.63. The minimum Gasteiger partial charge on any atom is -0.329 e. The van der Waals surface area contributed by atoms with E-state index in [1.807, 2.05) is 20.8 Å². The van der Waals surface area contributed by atoms with Crippen LogP contribution in [0, 0.1) is 12.8 Å². The maximum atomic E-state index is 12.0. The summed E-state index contributed by atoms with van der Waals surface area (Å²) in [4.78, 5) is 0.985. The van der Waals surface area contributed by atoms with Gasteiger partial charge in [-0.05, 0) is 31.4 Å². The molecular formula is C11H20N2O2S2. The van der Waals surface area contributed by atoms with E-state index in [1.165, 1.54) is 11.3 Å². The van der Waals surface area contributed by atoms with Crippen molar-refractivity contribution in [2.75, 3.05) is 6.54 Å². The van der Waals surface area contributed by atoms with Crippen LogP contribution in [0.2, 0.25) is 0 Å². The van der Waals surface area contributed by atoms with E-state index in [2.05, 4.69) is 4.72 Å². The Balaban J connectivity index is 2.78. The number of hydrogen-bond acceptors (Lipinski definition) is 4. The van der Waals surface area contributed by atoms with Crippen molar-refractivity contribution >= 4 is 21.4 Å². The van der Waals surface area contributed by atoms with E-state index in [4.69, 9.17) is 5.73 Å². The van der Waals surface area contributed by atoms with Crippen molar-refractivity contribution in [3.8, 4) is 0 Å². The van der Waals surface area contributed by atoms with E-state index >= 15 is 0 Å². The van der Waals surface area contributed by atoms with E-state index < -0.39 is 10.0 Å². The first-order chi connectivity index (χ1) is 7.85. The van der Waals surface area contributed by atoms with Gasteiger partial charge in [0, 0.05) is 17.5 Å². The molecular weight excluding hydrogens is 256 g/mol. The molecule has 0 aliphatic carbocycles. The highest BCUT2D eigenvalue weighted by atomic mass is 32.2. The number of hydrogen-bond donors (Lipinski definition) is 2. The molecule has 1 unspecified atom stereocenters. The zero-order valence-corrected chi connectivity index (χ0v) is 12.1. The van der Waals surface area contributed by atoms with Gasteiger partial charge in [-0.1, -0.05) is 13.8 Å². The molecule has 0 bridgehead atoms. The van der Waals surface area contributed by atoms with Gasteiger partial charge in [0.15, 0.2) is 0 Å². The molecule has 0 fully saturated rings. The molecule has 1 rings (SSSR count). The summed E-state index contributed by atoms with van der Waals surface area (Å²) in [5.41, 5.74) is 5.59. The Bertz CT molecular complexity index is 452. The fourth-order valence-corrected chi connectivity index (χ4v) is 4.16. The molecule has 1 aromatic heterocycles. The van der Waals surface area contributed by atoms with Gasteiger partial charge in [0.25, 0.3) is 0 Å². The van der Waals surface area contributed by atoms with Gasteiger partial charge in [-0.15, -0.1) is 11.3 Å². The standard InChI is InChI=1S/C11H20N2O2S2/c1-8(2)6-10(7-12)13-17(14,15)11-5-4-9(3)16-11/h4-5,8,10,13H,6-7,12H2,1-3H3. The van der Waals surface area contributed by atoms with Crippen molar-refractivity contribution in [3.05, 3.63) is 17.0 Å². The van der Waals surface area contributed by atoms with Crippen LogP contribution in [0.1, 0.15) is 25.1 Å². The third-order valence-corrected chi connectivity index (χ3v) is 5.36. The second-order valence-corrected chi connectivity index (χ2v) is 7.78. The highest BCUT2D eigenvalue weighted by Crippen LogP contribution is 2.21. The molecule has 0 radical (unpaired) electrons. The molecule has 0 spiro atoms. The van der Waals surface area contributed by atoms with E-state index in [9.17, 15) is 8.42 Å². The van der Waals surface area contributed by atoms with Crippen LogP contribution >= 0.6 is 11.3 Å². The second-order valence-electron chi connectivity index (χ2n) is 4.55. The quantitative estimate of drug-likeness (QED) is 0.831. The Hall–Kier alpha value is -0.430.